The third kappa shape index (κ3) is 2.37. The van der Waals surface area contributed by atoms with Gasteiger partial charge in [-0.1, -0.05) is 32.0 Å². The summed E-state index contributed by atoms with van der Waals surface area (Å²) < 4.78 is 0. The zero-order valence-corrected chi connectivity index (χ0v) is 11.0. The number of fused-ring (bicyclic) bond motifs is 1. The molecule has 1 heterocycles. The fraction of sp³-hybridized carbons (Fsp3) is 0.467. The monoisotopic (exact) mass is 230 g/mol. The fourth-order valence-corrected chi connectivity index (χ4v) is 2.61. The van der Waals surface area contributed by atoms with Gasteiger partial charge in [-0.2, -0.15) is 0 Å². The Balaban J connectivity index is 2.43. The molecule has 3 N–H and O–H groups in total. The minimum Gasteiger partial charge on any atom is -0.358 e. The largest absolute Gasteiger partial charge is 0.358 e. The predicted octanol–water partition coefficient (Wildman–Crippen LogP) is 3.56. The molecule has 0 saturated carbocycles. The standard InChI is InChI=1S/C15H22N2/c1-10(2)8-12(9-16)15-11(3)13-6-4-5-7-14(13)17-15/h4-7,10,12,17H,8-9,16H2,1-3H3. The van der Waals surface area contributed by atoms with E-state index in [1.54, 1.807) is 0 Å². The van der Waals surface area contributed by atoms with E-state index in [1.165, 1.54) is 22.2 Å². The van der Waals surface area contributed by atoms with Gasteiger partial charge in [0.15, 0.2) is 0 Å². The maximum atomic E-state index is 5.92. The average molecular weight is 230 g/mol. The van der Waals surface area contributed by atoms with E-state index in [0.717, 1.165) is 6.42 Å². The molecular weight excluding hydrogens is 208 g/mol. The van der Waals surface area contributed by atoms with E-state index in [1.807, 2.05) is 0 Å². The molecule has 1 aromatic heterocycles. The lowest BCUT2D eigenvalue weighted by Gasteiger charge is -2.17. The van der Waals surface area contributed by atoms with Crippen LogP contribution in [-0.2, 0) is 0 Å². The van der Waals surface area contributed by atoms with Gasteiger partial charge in [-0.05, 0) is 30.9 Å². The lowest BCUT2D eigenvalue weighted by atomic mass is 9.92. The summed E-state index contributed by atoms with van der Waals surface area (Å²) >= 11 is 0. The van der Waals surface area contributed by atoms with Gasteiger partial charge in [0.1, 0.15) is 0 Å². The Hall–Kier alpha value is -1.28. The minimum atomic E-state index is 0.447. The van der Waals surface area contributed by atoms with Crippen molar-refractivity contribution < 1.29 is 0 Å². The van der Waals surface area contributed by atoms with Crippen LogP contribution in [0.15, 0.2) is 24.3 Å². The van der Waals surface area contributed by atoms with Gasteiger partial charge in [-0.25, -0.2) is 0 Å². The molecule has 2 aromatic rings. The van der Waals surface area contributed by atoms with Crippen molar-refractivity contribution in [3.05, 3.63) is 35.5 Å². The second-order valence-electron chi connectivity index (χ2n) is 5.27. The molecule has 0 aliphatic heterocycles. The van der Waals surface area contributed by atoms with Crippen LogP contribution in [0.3, 0.4) is 0 Å². The van der Waals surface area contributed by atoms with Gasteiger partial charge >= 0.3 is 0 Å². The number of aromatic amines is 1. The molecular formula is C15H22N2. The first-order valence-electron chi connectivity index (χ1n) is 6.40. The number of rotatable bonds is 4. The number of aryl methyl sites for hydroxylation is 1. The Kier molecular flexibility index (Phi) is 3.53. The van der Waals surface area contributed by atoms with Crippen LogP contribution < -0.4 is 5.73 Å². The quantitative estimate of drug-likeness (QED) is 0.828. The summed E-state index contributed by atoms with van der Waals surface area (Å²) in [7, 11) is 0. The maximum absolute atomic E-state index is 5.92. The number of hydrogen-bond donors (Lipinski definition) is 2. The van der Waals surface area contributed by atoms with E-state index in [4.69, 9.17) is 5.73 Å². The average Bonchev–Trinajstić information content (AvgIpc) is 2.64. The number of nitrogens with two attached hydrogens (primary N) is 1. The van der Waals surface area contributed by atoms with Crippen LogP contribution in [0.5, 0.6) is 0 Å². The summed E-state index contributed by atoms with van der Waals surface area (Å²) in [5, 5.41) is 1.32. The molecule has 2 rings (SSSR count). The Morgan fingerprint density at radius 3 is 2.53 bits per heavy atom. The number of para-hydroxylation sites is 1. The highest BCUT2D eigenvalue weighted by molar-refractivity contribution is 5.84. The molecule has 0 fully saturated rings. The van der Waals surface area contributed by atoms with Crippen molar-refractivity contribution in [2.75, 3.05) is 6.54 Å². The van der Waals surface area contributed by atoms with Gasteiger partial charge in [-0.3, -0.25) is 0 Å². The van der Waals surface area contributed by atoms with Crippen molar-refractivity contribution >= 4 is 10.9 Å². The number of nitrogens with one attached hydrogen (secondary N) is 1. The Morgan fingerprint density at radius 1 is 1.24 bits per heavy atom. The van der Waals surface area contributed by atoms with Crippen molar-refractivity contribution in [2.45, 2.75) is 33.1 Å². The van der Waals surface area contributed by atoms with E-state index < -0.39 is 0 Å². The summed E-state index contributed by atoms with van der Waals surface area (Å²) in [4.78, 5) is 3.54. The molecule has 0 saturated heterocycles. The topological polar surface area (TPSA) is 41.8 Å². The molecule has 1 aromatic carbocycles. The summed E-state index contributed by atoms with van der Waals surface area (Å²) in [6, 6.07) is 8.47. The summed E-state index contributed by atoms with van der Waals surface area (Å²) in [5.41, 5.74) is 9.83. The zero-order chi connectivity index (χ0) is 12.4. The van der Waals surface area contributed by atoms with Gasteiger partial charge in [0.2, 0.25) is 0 Å². The molecule has 0 radical (unpaired) electrons. The third-order valence-corrected chi connectivity index (χ3v) is 3.45. The van der Waals surface area contributed by atoms with Crippen LogP contribution in [0.2, 0.25) is 0 Å². The summed E-state index contributed by atoms with van der Waals surface area (Å²) in [6.45, 7) is 7.41. The highest BCUT2D eigenvalue weighted by atomic mass is 14.7. The van der Waals surface area contributed by atoms with Crippen molar-refractivity contribution in [3.8, 4) is 0 Å². The molecule has 1 unspecified atom stereocenters. The first-order valence-corrected chi connectivity index (χ1v) is 6.40. The van der Waals surface area contributed by atoms with E-state index >= 15 is 0 Å². The van der Waals surface area contributed by atoms with Crippen molar-refractivity contribution in [3.63, 3.8) is 0 Å². The molecule has 1 atom stereocenters. The van der Waals surface area contributed by atoms with Crippen LogP contribution in [0.4, 0.5) is 0 Å². The lowest BCUT2D eigenvalue weighted by Crippen LogP contribution is -2.15. The summed E-state index contributed by atoms with van der Waals surface area (Å²) in [5.74, 6) is 1.12. The smallest absolute Gasteiger partial charge is 0.0458 e. The van der Waals surface area contributed by atoms with Crippen LogP contribution in [0, 0.1) is 12.8 Å². The number of hydrogen-bond acceptors (Lipinski definition) is 1. The highest BCUT2D eigenvalue weighted by Crippen LogP contribution is 2.30. The first kappa shape index (κ1) is 12.2. The number of H-pyrrole nitrogens is 1. The third-order valence-electron chi connectivity index (χ3n) is 3.45. The first-order chi connectivity index (χ1) is 8.13. The molecule has 0 aliphatic carbocycles. The predicted molar refractivity (Wildman–Crippen MR) is 74.3 cm³/mol. The van der Waals surface area contributed by atoms with Crippen molar-refractivity contribution in [2.24, 2.45) is 11.7 Å². The molecule has 17 heavy (non-hydrogen) atoms. The van der Waals surface area contributed by atoms with Gasteiger partial charge in [0.25, 0.3) is 0 Å². The molecule has 2 heteroatoms. The summed E-state index contributed by atoms with van der Waals surface area (Å²) in [6.07, 6.45) is 1.14. The Labute approximate surface area is 103 Å². The fourth-order valence-electron chi connectivity index (χ4n) is 2.61. The molecule has 0 bridgehead atoms. The van der Waals surface area contributed by atoms with Crippen LogP contribution in [0.1, 0.15) is 37.4 Å². The van der Waals surface area contributed by atoms with Crippen molar-refractivity contribution in [1.29, 1.82) is 0 Å². The lowest BCUT2D eigenvalue weighted by molar-refractivity contribution is 0.497. The normalized spacial score (nSPS) is 13.5. The Morgan fingerprint density at radius 2 is 1.94 bits per heavy atom. The van der Waals surface area contributed by atoms with E-state index in [2.05, 4.69) is 50.0 Å². The highest BCUT2D eigenvalue weighted by Gasteiger charge is 2.17. The van der Waals surface area contributed by atoms with Gasteiger partial charge < -0.3 is 10.7 Å². The van der Waals surface area contributed by atoms with Crippen LogP contribution in [-0.4, -0.2) is 11.5 Å². The zero-order valence-electron chi connectivity index (χ0n) is 11.0. The van der Waals surface area contributed by atoms with E-state index in [0.29, 0.717) is 18.4 Å². The van der Waals surface area contributed by atoms with Gasteiger partial charge in [0, 0.05) is 29.1 Å². The van der Waals surface area contributed by atoms with Gasteiger partial charge in [-0.15, -0.1) is 0 Å². The van der Waals surface area contributed by atoms with E-state index in [9.17, 15) is 0 Å². The molecule has 0 aliphatic rings. The van der Waals surface area contributed by atoms with E-state index in [-0.39, 0.29) is 0 Å². The minimum absolute atomic E-state index is 0.447. The molecule has 2 nitrogen and oxygen atoms in total. The number of aromatic nitrogens is 1. The SMILES string of the molecule is Cc1c(C(CN)CC(C)C)[nH]c2ccccc12. The number of benzene rings is 1. The second-order valence-corrected chi connectivity index (χ2v) is 5.27. The second kappa shape index (κ2) is 4.92. The Bertz CT molecular complexity index is 497. The van der Waals surface area contributed by atoms with Crippen LogP contribution >= 0.6 is 0 Å². The molecule has 0 amide bonds. The molecule has 0 spiro atoms. The van der Waals surface area contributed by atoms with Gasteiger partial charge in [0.05, 0.1) is 0 Å². The van der Waals surface area contributed by atoms with Crippen molar-refractivity contribution in [1.82, 2.24) is 4.98 Å². The maximum Gasteiger partial charge on any atom is 0.0458 e. The molecule has 92 valence electrons. The van der Waals surface area contributed by atoms with Crippen LogP contribution in [0.25, 0.3) is 10.9 Å².